The van der Waals surface area contributed by atoms with Crippen molar-refractivity contribution in [2.24, 2.45) is 17.6 Å². The summed E-state index contributed by atoms with van der Waals surface area (Å²) in [6.07, 6.45) is 13.1. The summed E-state index contributed by atoms with van der Waals surface area (Å²) in [7, 11) is 0. The summed E-state index contributed by atoms with van der Waals surface area (Å²) in [6.45, 7) is 1.10. The predicted octanol–water partition coefficient (Wildman–Crippen LogP) is 2.76. The molecule has 0 saturated heterocycles. The Morgan fingerprint density at radius 2 is 1.93 bits per heavy atom. The number of allylic oxidation sites excluding steroid dienone is 1. The summed E-state index contributed by atoms with van der Waals surface area (Å²) in [5.74, 6) is 1.73. The minimum absolute atomic E-state index is 0.684. The van der Waals surface area contributed by atoms with Gasteiger partial charge in [0.05, 0.1) is 0 Å². The number of hydrogen-bond acceptors (Lipinski definition) is 2. The standard InChI is InChI=1S/C13H24N2/c14-13(12-7-2-8-12)10-15-9-3-6-11-4-1-5-11/h10-12,15H,1-9,14H2/b13-10-. The Balaban J connectivity index is 1.49. The zero-order valence-electron chi connectivity index (χ0n) is 9.67. The van der Waals surface area contributed by atoms with Gasteiger partial charge in [-0.25, -0.2) is 0 Å². The van der Waals surface area contributed by atoms with Gasteiger partial charge in [-0.2, -0.15) is 0 Å². The van der Waals surface area contributed by atoms with E-state index in [9.17, 15) is 0 Å². The van der Waals surface area contributed by atoms with E-state index in [2.05, 4.69) is 5.32 Å². The van der Waals surface area contributed by atoms with Crippen LogP contribution in [0.2, 0.25) is 0 Å². The maximum absolute atomic E-state index is 5.96. The van der Waals surface area contributed by atoms with Gasteiger partial charge in [0.15, 0.2) is 0 Å². The lowest BCUT2D eigenvalue weighted by Gasteiger charge is -2.26. The fraction of sp³-hybridized carbons (Fsp3) is 0.846. The van der Waals surface area contributed by atoms with Crippen LogP contribution >= 0.6 is 0 Å². The molecule has 0 amide bonds. The molecule has 0 aromatic carbocycles. The summed E-state index contributed by atoms with van der Waals surface area (Å²) in [5.41, 5.74) is 7.03. The lowest BCUT2D eigenvalue weighted by atomic mass is 9.82. The molecule has 3 N–H and O–H groups in total. The molecule has 0 heterocycles. The Hall–Kier alpha value is -0.660. The molecule has 0 radical (unpaired) electrons. The Kier molecular flexibility index (Phi) is 3.93. The van der Waals surface area contributed by atoms with Crippen LogP contribution in [0.25, 0.3) is 0 Å². The SMILES string of the molecule is N/C(=C\NCCCC1CCC1)C1CCC1. The quantitative estimate of drug-likeness (QED) is 0.659. The highest BCUT2D eigenvalue weighted by Gasteiger charge is 2.19. The van der Waals surface area contributed by atoms with E-state index in [1.54, 1.807) is 0 Å². The van der Waals surface area contributed by atoms with Crippen molar-refractivity contribution in [3.05, 3.63) is 11.9 Å². The van der Waals surface area contributed by atoms with Crippen molar-refractivity contribution >= 4 is 0 Å². The van der Waals surface area contributed by atoms with E-state index in [4.69, 9.17) is 5.73 Å². The number of hydrogen-bond donors (Lipinski definition) is 2. The van der Waals surface area contributed by atoms with Crippen LogP contribution in [-0.2, 0) is 0 Å². The molecule has 2 fully saturated rings. The van der Waals surface area contributed by atoms with E-state index in [0.717, 1.165) is 18.2 Å². The summed E-state index contributed by atoms with van der Waals surface area (Å²) in [4.78, 5) is 0. The second-order valence-electron chi connectivity index (χ2n) is 5.17. The van der Waals surface area contributed by atoms with Gasteiger partial charge in [0.2, 0.25) is 0 Å². The highest BCUT2D eigenvalue weighted by atomic mass is 14.8. The Morgan fingerprint density at radius 1 is 1.20 bits per heavy atom. The van der Waals surface area contributed by atoms with Crippen molar-refractivity contribution in [1.82, 2.24) is 5.32 Å². The van der Waals surface area contributed by atoms with E-state index in [0.29, 0.717) is 5.92 Å². The van der Waals surface area contributed by atoms with E-state index < -0.39 is 0 Å². The minimum atomic E-state index is 0.684. The zero-order valence-corrected chi connectivity index (χ0v) is 9.67. The molecule has 86 valence electrons. The molecule has 2 saturated carbocycles. The molecule has 0 spiro atoms. The topological polar surface area (TPSA) is 38.0 Å². The molecule has 2 aliphatic carbocycles. The van der Waals surface area contributed by atoms with Crippen molar-refractivity contribution in [1.29, 1.82) is 0 Å². The monoisotopic (exact) mass is 208 g/mol. The predicted molar refractivity (Wildman–Crippen MR) is 64.2 cm³/mol. The molecular formula is C13H24N2. The molecule has 2 rings (SSSR count). The van der Waals surface area contributed by atoms with Gasteiger partial charge in [-0.3, -0.25) is 0 Å². The van der Waals surface area contributed by atoms with Gasteiger partial charge in [0.1, 0.15) is 0 Å². The molecule has 15 heavy (non-hydrogen) atoms. The Bertz CT molecular complexity index is 215. The lowest BCUT2D eigenvalue weighted by molar-refractivity contribution is 0.289. The third-order valence-electron chi connectivity index (χ3n) is 4.00. The molecule has 0 aliphatic heterocycles. The highest BCUT2D eigenvalue weighted by molar-refractivity contribution is 5.03. The molecule has 2 aliphatic rings. The third-order valence-corrected chi connectivity index (χ3v) is 4.00. The average molecular weight is 208 g/mol. The smallest absolute Gasteiger partial charge is 0.0271 e. The van der Waals surface area contributed by atoms with Crippen LogP contribution in [0.4, 0.5) is 0 Å². The van der Waals surface area contributed by atoms with Crippen molar-refractivity contribution in [3.63, 3.8) is 0 Å². The average Bonchev–Trinajstić information content (AvgIpc) is 2.04. The van der Waals surface area contributed by atoms with Gasteiger partial charge < -0.3 is 11.1 Å². The molecule has 0 aromatic heterocycles. The van der Waals surface area contributed by atoms with Gasteiger partial charge in [-0.1, -0.05) is 25.7 Å². The van der Waals surface area contributed by atoms with Crippen molar-refractivity contribution in [2.45, 2.75) is 51.4 Å². The fourth-order valence-electron chi connectivity index (χ4n) is 2.32. The Labute approximate surface area is 93.3 Å². The maximum Gasteiger partial charge on any atom is 0.0271 e. The normalized spacial score (nSPS) is 23.3. The summed E-state index contributed by atoms with van der Waals surface area (Å²) in [6, 6.07) is 0. The fourth-order valence-corrected chi connectivity index (χ4v) is 2.32. The van der Waals surface area contributed by atoms with Gasteiger partial charge >= 0.3 is 0 Å². The first-order valence-electron chi connectivity index (χ1n) is 6.55. The Morgan fingerprint density at radius 3 is 2.47 bits per heavy atom. The van der Waals surface area contributed by atoms with E-state index in [1.807, 2.05) is 6.20 Å². The van der Waals surface area contributed by atoms with Crippen molar-refractivity contribution < 1.29 is 0 Å². The molecule has 0 bridgehead atoms. The van der Waals surface area contributed by atoms with E-state index in [1.165, 1.54) is 51.4 Å². The highest BCUT2D eigenvalue weighted by Crippen LogP contribution is 2.31. The summed E-state index contributed by atoms with van der Waals surface area (Å²) in [5, 5.41) is 3.35. The molecule has 2 nitrogen and oxygen atoms in total. The minimum Gasteiger partial charge on any atom is -0.401 e. The first-order chi connectivity index (χ1) is 7.36. The molecule has 0 unspecified atom stereocenters. The molecule has 0 atom stereocenters. The number of nitrogens with one attached hydrogen (secondary N) is 1. The largest absolute Gasteiger partial charge is 0.401 e. The van der Waals surface area contributed by atoms with Crippen LogP contribution < -0.4 is 11.1 Å². The van der Waals surface area contributed by atoms with Crippen LogP contribution in [0.15, 0.2) is 11.9 Å². The summed E-state index contributed by atoms with van der Waals surface area (Å²) < 4.78 is 0. The third kappa shape index (κ3) is 3.15. The summed E-state index contributed by atoms with van der Waals surface area (Å²) >= 11 is 0. The van der Waals surface area contributed by atoms with Gasteiger partial charge in [-0.05, 0) is 37.5 Å². The van der Waals surface area contributed by atoms with Crippen LogP contribution in [-0.4, -0.2) is 6.54 Å². The van der Waals surface area contributed by atoms with E-state index in [-0.39, 0.29) is 0 Å². The first kappa shape index (κ1) is 10.8. The van der Waals surface area contributed by atoms with Crippen molar-refractivity contribution in [3.8, 4) is 0 Å². The lowest BCUT2D eigenvalue weighted by Crippen LogP contribution is -2.22. The second kappa shape index (κ2) is 5.43. The van der Waals surface area contributed by atoms with Crippen LogP contribution in [0.3, 0.4) is 0 Å². The molecule has 2 heteroatoms. The van der Waals surface area contributed by atoms with Gasteiger partial charge in [0, 0.05) is 18.4 Å². The van der Waals surface area contributed by atoms with Gasteiger partial charge in [0.25, 0.3) is 0 Å². The molecular weight excluding hydrogens is 184 g/mol. The van der Waals surface area contributed by atoms with Crippen LogP contribution in [0.1, 0.15) is 51.4 Å². The molecule has 0 aromatic rings. The second-order valence-corrected chi connectivity index (χ2v) is 5.17. The number of nitrogens with two attached hydrogens (primary N) is 1. The first-order valence-corrected chi connectivity index (χ1v) is 6.55. The van der Waals surface area contributed by atoms with Crippen LogP contribution in [0.5, 0.6) is 0 Å². The maximum atomic E-state index is 5.96. The number of rotatable bonds is 6. The van der Waals surface area contributed by atoms with Crippen LogP contribution in [0, 0.1) is 11.8 Å². The van der Waals surface area contributed by atoms with E-state index >= 15 is 0 Å². The van der Waals surface area contributed by atoms with Crippen molar-refractivity contribution in [2.75, 3.05) is 6.54 Å². The van der Waals surface area contributed by atoms with Gasteiger partial charge in [-0.15, -0.1) is 0 Å². The zero-order chi connectivity index (χ0) is 10.5.